The van der Waals surface area contributed by atoms with E-state index in [-0.39, 0.29) is 17.2 Å². The summed E-state index contributed by atoms with van der Waals surface area (Å²) in [5.74, 6) is 0.0199. The number of thioether (sulfide) groups is 1. The van der Waals surface area contributed by atoms with Crippen LogP contribution in [0.5, 0.6) is 0 Å². The molecule has 5 nitrogen and oxygen atoms in total. The van der Waals surface area contributed by atoms with Gasteiger partial charge in [0.1, 0.15) is 4.83 Å². The summed E-state index contributed by atoms with van der Waals surface area (Å²) in [6.45, 7) is 10.1. The van der Waals surface area contributed by atoms with E-state index in [1.54, 1.807) is 15.9 Å². The van der Waals surface area contributed by atoms with Gasteiger partial charge in [-0.25, -0.2) is 4.98 Å². The maximum absolute atomic E-state index is 13.6. The minimum atomic E-state index is -0.135. The molecule has 4 aromatic rings. The van der Waals surface area contributed by atoms with Gasteiger partial charge in [-0.05, 0) is 75.1 Å². The summed E-state index contributed by atoms with van der Waals surface area (Å²) < 4.78 is 1.63. The van der Waals surface area contributed by atoms with Gasteiger partial charge in [0.15, 0.2) is 5.16 Å². The molecule has 0 atom stereocenters. The van der Waals surface area contributed by atoms with Gasteiger partial charge in [0.2, 0.25) is 5.91 Å². The Balaban J connectivity index is 1.70. The van der Waals surface area contributed by atoms with Crippen molar-refractivity contribution >= 4 is 44.9 Å². The molecule has 1 amide bonds. The topological polar surface area (TPSA) is 64.0 Å². The minimum Gasteiger partial charge on any atom is -0.325 e. The van der Waals surface area contributed by atoms with Crippen molar-refractivity contribution in [1.29, 1.82) is 0 Å². The van der Waals surface area contributed by atoms with Crippen LogP contribution >= 0.6 is 23.1 Å². The normalized spacial score (nSPS) is 11.2. The van der Waals surface area contributed by atoms with Crippen LogP contribution in [0.1, 0.15) is 34.1 Å². The van der Waals surface area contributed by atoms with E-state index in [1.165, 1.54) is 22.2 Å². The number of hydrogen-bond acceptors (Lipinski definition) is 5. The van der Waals surface area contributed by atoms with Gasteiger partial charge >= 0.3 is 0 Å². The Hall–Kier alpha value is -2.90. The average Bonchev–Trinajstić information content (AvgIpc) is 3.11. The predicted octanol–water partition coefficient (Wildman–Crippen LogP) is 5.97. The van der Waals surface area contributed by atoms with Crippen LogP contribution < -0.4 is 10.9 Å². The number of hydrogen-bond donors (Lipinski definition) is 1. The van der Waals surface area contributed by atoms with Crippen molar-refractivity contribution in [3.05, 3.63) is 79.9 Å². The number of nitrogens with one attached hydrogen (secondary N) is 1. The van der Waals surface area contributed by atoms with E-state index in [4.69, 9.17) is 4.98 Å². The molecule has 0 unspecified atom stereocenters. The molecule has 170 valence electrons. The lowest BCUT2D eigenvalue weighted by molar-refractivity contribution is -0.113. The lowest BCUT2D eigenvalue weighted by Crippen LogP contribution is -2.23. The monoisotopic (exact) mass is 477 g/mol. The zero-order chi connectivity index (χ0) is 23.7. The molecule has 4 rings (SSSR count). The van der Waals surface area contributed by atoms with E-state index in [9.17, 15) is 9.59 Å². The third-order valence-electron chi connectivity index (χ3n) is 5.77. The first-order valence-corrected chi connectivity index (χ1v) is 12.7. The smallest absolute Gasteiger partial charge is 0.267 e. The first-order chi connectivity index (χ1) is 15.8. The molecule has 0 spiro atoms. The summed E-state index contributed by atoms with van der Waals surface area (Å²) >= 11 is 2.84. The maximum atomic E-state index is 13.6. The Morgan fingerprint density at radius 1 is 1.06 bits per heavy atom. The molecule has 7 heteroatoms. The van der Waals surface area contributed by atoms with Crippen molar-refractivity contribution in [2.75, 3.05) is 11.1 Å². The van der Waals surface area contributed by atoms with Crippen molar-refractivity contribution in [2.24, 2.45) is 0 Å². The molecule has 0 saturated heterocycles. The summed E-state index contributed by atoms with van der Waals surface area (Å²) in [4.78, 5) is 33.0. The highest BCUT2D eigenvalue weighted by atomic mass is 32.2. The highest BCUT2D eigenvalue weighted by Gasteiger charge is 2.19. The lowest BCUT2D eigenvalue weighted by Gasteiger charge is -2.13. The van der Waals surface area contributed by atoms with Crippen LogP contribution in [-0.2, 0) is 11.2 Å². The fourth-order valence-electron chi connectivity index (χ4n) is 3.71. The van der Waals surface area contributed by atoms with Gasteiger partial charge in [-0.2, -0.15) is 0 Å². The first-order valence-electron chi connectivity index (χ1n) is 10.9. The highest BCUT2D eigenvalue weighted by Crippen LogP contribution is 2.30. The molecule has 0 aliphatic rings. The first kappa shape index (κ1) is 23.3. The number of aromatic nitrogens is 2. The number of carbonyl (C=O) groups is 1. The van der Waals surface area contributed by atoms with Gasteiger partial charge < -0.3 is 5.32 Å². The summed E-state index contributed by atoms with van der Waals surface area (Å²) in [6, 6.07) is 13.7. The molecule has 2 aromatic carbocycles. The Morgan fingerprint density at radius 2 is 1.79 bits per heavy atom. The van der Waals surface area contributed by atoms with E-state index >= 15 is 0 Å². The van der Waals surface area contributed by atoms with Crippen LogP contribution in [0.15, 0.2) is 52.4 Å². The Labute approximate surface area is 201 Å². The standard InChI is InChI=1S/C26H27N3O2S2/c1-6-21-18(5)23-24(33-21)28-26(29(25(23)31)20-11-7-15(2)8-12-20)32-14-22(30)27-19-10-9-16(3)17(4)13-19/h7-13H,6,14H2,1-5H3,(H,27,30). The van der Waals surface area contributed by atoms with Crippen molar-refractivity contribution < 1.29 is 4.79 Å². The molecule has 0 saturated carbocycles. The van der Waals surface area contributed by atoms with E-state index in [0.717, 1.165) is 39.3 Å². The zero-order valence-electron chi connectivity index (χ0n) is 19.5. The maximum Gasteiger partial charge on any atom is 0.267 e. The highest BCUT2D eigenvalue weighted by molar-refractivity contribution is 7.99. The van der Waals surface area contributed by atoms with Gasteiger partial charge in [0.05, 0.1) is 16.8 Å². The molecule has 0 aliphatic heterocycles. The summed E-state index contributed by atoms with van der Waals surface area (Å²) in [5.41, 5.74) is 5.85. The Kier molecular flexibility index (Phi) is 6.72. The lowest BCUT2D eigenvalue weighted by atomic mass is 10.1. The Bertz CT molecular complexity index is 1400. The molecule has 0 fully saturated rings. The van der Waals surface area contributed by atoms with Crippen LogP contribution in [0.25, 0.3) is 15.9 Å². The van der Waals surface area contributed by atoms with Gasteiger partial charge in [-0.1, -0.05) is 42.4 Å². The van der Waals surface area contributed by atoms with Crippen LogP contribution in [0.2, 0.25) is 0 Å². The van der Waals surface area contributed by atoms with E-state index in [2.05, 4.69) is 12.2 Å². The molecule has 2 heterocycles. The van der Waals surface area contributed by atoms with E-state index in [1.807, 2.05) is 70.2 Å². The molecular formula is C26H27N3O2S2. The number of thiophene rings is 1. The summed E-state index contributed by atoms with van der Waals surface area (Å²) in [6.07, 6.45) is 0.859. The van der Waals surface area contributed by atoms with Gasteiger partial charge in [-0.15, -0.1) is 11.3 Å². The number of amides is 1. The van der Waals surface area contributed by atoms with Crippen LogP contribution in [0.3, 0.4) is 0 Å². The van der Waals surface area contributed by atoms with Gasteiger partial charge in [-0.3, -0.25) is 14.2 Å². The quantitative estimate of drug-likeness (QED) is 0.274. The minimum absolute atomic E-state index is 0.0885. The summed E-state index contributed by atoms with van der Waals surface area (Å²) in [5, 5.41) is 4.14. The van der Waals surface area contributed by atoms with Gasteiger partial charge in [0.25, 0.3) is 5.56 Å². The van der Waals surface area contributed by atoms with Gasteiger partial charge in [0, 0.05) is 10.6 Å². The van der Waals surface area contributed by atoms with Crippen molar-refractivity contribution in [3.63, 3.8) is 0 Å². The largest absolute Gasteiger partial charge is 0.325 e. The number of rotatable bonds is 6. The number of anilines is 1. The molecule has 2 aromatic heterocycles. The van der Waals surface area contributed by atoms with Crippen LogP contribution in [0, 0.1) is 27.7 Å². The van der Waals surface area contributed by atoms with Crippen LogP contribution in [0.4, 0.5) is 5.69 Å². The average molecular weight is 478 g/mol. The molecule has 0 radical (unpaired) electrons. The zero-order valence-corrected chi connectivity index (χ0v) is 21.1. The number of fused-ring (bicyclic) bond motifs is 1. The third kappa shape index (κ3) is 4.75. The fourth-order valence-corrected chi connectivity index (χ4v) is 5.68. The third-order valence-corrected chi connectivity index (χ3v) is 8.04. The molecule has 0 bridgehead atoms. The predicted molar refractivity (Wildman–Crippen MR) is 139 cm³/mol. The second-order valence-electron chi connectivity index (χ2n) is 8.19. The van der Waals surface area contributed by atoms with Crippen LogP contribution in [-0.4, -0.2) is 21.2 Å². The van der Waals surface area contributed by atoms with Crippen molar-refractivity contribution in [3.8, 4) is 5.69 Å². The van der Waals surface area contributed by atoms with Crippen molar-refractivity contribution in [1.82, 2.24) is 9.55 Å². The second-order valence-corrected chi connectivity index (χ2v) is 10.2. The number of nitrogens with zero attached hydrogens (tertiary/aromatic N) is 2. The summed E-state index contributed by atoms with van der Waals surface area (Å²) in [7, 11) is 0. The Morgan fingerprint density at radius 3 is 2.45 bits per heavy atom. The fraction of sp³-hybridized carbons (Fsp3) is 0.269. The molecular weight excluding hydrogens is 450 g/mol. The van der Waals surface area contributed by atoms with Crippen molar-refractivity contribution in [2.45, 2.75) is 46.2 Å². The van der Waals surface area contributed by atoms with E-state index < -0.39 is 0 Å². The molecule has 1 N–H and O–H groups in total. The molecule has 33 heavy (non-hydrogen) atoms. The molecule has 0 aliphatic carbocycles. The number of aryl methyl sites for hydroxylation is 5. The number of carbonyl (C=O) groups excluding carboxylic acids is 1. The SMILES string of the molecule is CCc1sc2nc(SCC(=O)Nc3ccc(C)c(C)c3)n(-c3ccc(C)cc3)c(=O)c2c1C. The second kappa shape index (κ2) is 9.53. The van der Waals surface area contributed by atoms with E-state index in [0.29, 0.717) is 10.5 Å². The number of benzene rings is 2.